The van der Waals surface area contributed by atoms with Gasteiger partial charge in [0.1, 0.15) is 0 Å². The Labute approximate surface area is 96.3 Å². The van der Waals surface area contributed by atoms with Crippen LogP contribution in [0.5, 0.6) is 0 Å². The Kier molecular flexibility index (Phi) is 10.0. The Bertz CT molecular complexity index is 151. The van der Waals surface area contributed by atoms with Crippen LogP contribution in [0.2, 0.25) is 0 Å². The number of rotatable bonds is 10. The lowest BCUT2D eigenvalue weighted by Crippen LogP contribution is -2.29. The second kappa shape index (κ2) is 10.2. The summed E-state index contributed by atoms with van der Waals surface area (Å²) in [4.78, 5) is 0. The maximum Gasteiger partial charge on any atom is 0.00701 e. The maximum atomic E-state index is 3.98. The fourth-order valence-corrected chi connectivity index (χ4v) is 1.76. The second-order valence-corrected chi connectivity index (χ2v) is 4.64. The van der Waals surface area contributed by atoms with Crippen molar-refractivity contribution in [3.05, 3.63) is 12.2 Å². The van der Waals surface area contributed by atoms with Crippen LogP contribution in [0.1, 0.15) is 65.7 Å². The molecule has 0 aliphatic carbocycles. The van der Waals surface area contributed by atoms with Gasteiger partial charge in [-0.25, -0.2) is 0 Å². The molecule has 0 heterocycles. The first-order valence-corrected chi connectivity index (χ1v) is 6.58. The fraction of sp³-hybridized carbons (Fsp3) is 0.857. The van der Waals surface area contributed by atoms with Gasteiger partial charge >= 0.3 is 0 Å². The zero-order valence-corrected chi connectivity index (χ0v) is 10.9. The zero-order valence-electron chi connectivity index (χ0n) is 10.9. The summed E-state index contributed by atoms with van der Waals surface area (Å²) in [5.74, 6) is 0. The van der Waals surface area contributed by atoms with E-state index in [1.54, 1.807) is 0 Å². The molecule has 0 aliphatic heterocycles. The van der Waals surface area contributed by atoms with E-state index < -0.39 is 0 Å². The summed E-state index contributed by atoms with van der Waals surface area (Å²) >= 11 is 0. The van der Waals surface area contributed by atoms with E-state index in [2.05, 4.69) is 32.7 Å². The average molecular weight is 211 g/mol. The van der Waals surface area contributed by atoms with E-state index >= 15 is 0 Å². The molecule has 0 fully saturated rings. The van der Waals surface area contributed by atoms with Crippen LogP contribution < -0.4 is 5.32 Å². The number of nitrogens with one attached hydrogen (secondary N) is 1. The van der Waals surface area contributed by atoms with Crippen molar-refractivity contribution in [1.29, 1.82) is 0 Å². The first-order chi connectivity index (χ1) is 7.20. The van der Waals surface area contributed by atoms with E-state index in [0.29, 0.717) is 6.04 Å². The van der Waals surface area contributed by atoms with Gasteiger partial charge in [-0.2, -0.15) is 0 Å². The predicted molar refractivity (Wildman–Crippen MR) is 70.3 cm³/mol. The highest BCUT2D eigenvalue weighted by Gasteiger charge is 2.06. The Morgan fingerprint density at radius 3 is 2.40 bits per heavy atom. The summed E-state index contributed by atoms with van der Waals surface area (Å²) < 4.78 is 0. The van der Waals surface area contributed by atoms with Gasteiger partial charge < -0.3 is 5.32 Å². The van der Waals surface area contributed by atoms with Crippen molar-refractivity contribution in [3.8, 4) is 0 Å². The van der Waals surface area contributed by atoms with Crippen LogP contribution in [-0.4, -0.2) is 12.6 Å². The van der Waals surface area contributed by atoms with E-state index in [1.807, 2.05) is 0 Å². The molecule has 0 rings (SSSR count). The predicted octanol–water partition coefficient (Wildman–Crippen LogP) is 4.29. The molecule has 1 nitrogen and oxygen atoms in total. The van der Waals surface area contributed by atoms with Crippen LogP contribution in [0.15, 0.2) is 12.2 Å². The van der Waals surface area contributed by atoms with Gasteiger partial charge in [-0.3, -0.25) is 0 Å². The summed E-state index contributed by atoms with van der Waals surface area (Å²) in [5, 5.41) is 3.64. The largest absolute Gasteiger partial charge is 0.314 e. The highest BCUT2D eigenvalue weighted by Crippen LogP contribution is 2.11. The molecule has 0 saturated carbocycles. The van der Waals surface area contributed by atoms with Crippen LogP contribution in [-0.2, 0) is 0 Å². The third kappa shape index (κ3) is 9.99. The Balaban J connectivity index is 3.67. The Morgan fingerprint density at radius 2 is 1.87 bits per heavy atom. The Morgan fingerprint density at radius 1 is 1.13 bits per heavy atom. The van der Waals surface area contributed by atoms with Crippen molar-refractivity contribution in [2.45, 2.75) is 71.8 Å². The van der Waals surface area contributed by atoms with Crippen molar-refractivity contribution >= 4 is 0 Å². The number of hydrogen-bond acceptors (Lipinski definition) is 1. The number of allylic oxidation sites excluding steroid dienone is 1. The molecule has 0 aliphatic rings. The number of unbranched alkanes of at least 4 members (excludes halogenated alkanes) is 2. The van der Waals surface area contributed by atoms with Gasteiger partial charge in [0.2, 0.25) is 0 Å². The quantitative estimate of drug-likeness (QED) is 0.420. The van der Waals surface area contributed by atoms with Crippen molar-refractivity contribution in [2.75, 3.05) is 6.54 Å². The van der Waals surface area contributed by atoms with Crippen LogP contribution >= 0.6 is 0 Å². The summed E-state index contributed by atoms with van der Waals surface area (Å²) in [5.41, 5.74) is 1.31. The molecule has 90 valence electrons. The van der Waals surface area contributed by atoms with Gasteiger partial charge in [-0.15, -0.1) is 6.58 Å². The van der Waals surface area contributed by atoms with Crippen molar-refractivity contribution in [3.63, 3.8) is 0 Å². The smallest absolute Gasteiger partial charge is 0.00701 e. The van der Waals surface area contributed by atoms with Crippen molar-refractivity contribution in [2.24, 2.45) is 0 Å². The summed E-state index contributed by atoms with van der Waals surface area (Å²) in [7, 11) is 0. The molecule has 0 bridgehead atoms. The minimum Gasteiger partial charge on any atom is -0.314 e. The molecule has 0 aromatic carbocycles. The van der Waals surface area contributed by atoms with Gasteiger partial charge in [0.25, 0.3) is 0 Å². The van der Waals surface area contributed by atoms with E-state index in [-0.39, 0.29) is 0 Å². The van der Waals surface area contributed by atoms with Crippen LogP contribution in [0, 0.1) is 0 Å². The van der Waals surface area contributed by atoms with Crippen LogP contribution in [0.4, 0.5) is 0 Å². The number of hydrogen-bond donors (Lipinski definition) is 1. The first-order valence-electron chi connectivity index (χ1n) is 6.58. The molecule has 1 atom stereocenters. The molecule has 0 aromatic rings. The molecule has 1 unspecified atom stereocenters. The highest BCUT2D eigenvalue weighted by molar-refractivity contribution is 4.89. The first kappa shape index (κ1) is 14.7. The zero-order chi connectivity index (χ0) is 11.5. The van der Waals surface area contributed by atoms with E-state index in [0.717, 1.165) is 6.54 Å². The lowest BCUT2D eigenvalue weighted by atomic mass is 10.0. The average Bonchev–Trinajstić information content (AvgIpc) is 2.21. The van der Waals surface area contributed by atoms with Crippen LogP contribution in [0.25, 0.3) is 0 Å². The maximum absolute atomic E-state index is 3.98. The molecule has 0 radical (unpaired) electrons. The summed E-state index contributed by atoms with van der Waals surface area (Å²) in [6.45, 7) is 11.8. The lowest BCUT2D eigenvalue weighted by Gasteiger charge is -2.18. The topological polar surface area (TPSA) is 12.0 Å². The molecule has 15 heavy (non-hydrogen) atoms. The van der Waals surface area contributed by atoms with E-state index in [1.165, 1.54) is 50.5 Å². The molecule has 0 amide bonds. The summed E-state index contributed by atoms with van der Waals surface area (Å²) in [6.07, 6.45) is 9.07. The molecule has 0 spiro atoms. The third-order valence-electron chi connectivity index (χ3n) is 2.76. The second-order valence-electron chi connectivity index (χ2n) is 4.64. The SMILES string of the molecule is C=C(C)CCC(CCCCC)NCCC. The van der Waals surface area contributed by atoms with Crippen molar-refractivity contribution < 1.29 is 0 Å². The van der Waals surface area contributed by atoms with Gasteiger partial charge in [-0.05, 0) is 39.2 Å². The minimum atomic E-state index is 0.716. The monoisotopic (exact) mass is 211 g/mol. The molecule has 0 aromatic heterocycles. The van der Waals surface area contributed by atoms with E-state index in [9.17, 15) is 0 Å². The molecule has 1 heteroatoms. The molecule has 1 N–H and O–H groups in total. The standard InChI is InChI=1S/C14H29N/c1-5-7-8-9-14(15-12-6-2)11-10-13(3)4/h14-15H,3,5-12H2,1-2,4H3. The molecular weight excluding hydrogens is 182 g/mol. The third-order valence-corrected chi connectivity index (χ3v) is 2.76. The highest BCUT2D eigenvalue weighted by atomic mass is 14.9. The molecule has 0 saturated heterocycles. The fourth-order valence-electron chi connectivity index (χ4n) is 1.76. The van der Waals surface area contributed by atoms with Crippen molar-refractivity contribution in [1.82, 2.24) is 5.32 Å². The van der Waals surface area contributed by atoms with E-state index in [4.69, 9.17) is 0 Å². The van der Waals surface area contributed by atoms with Gasteiger partial charge in [0, 0.05) is 6.04 Å². The van der Waals surface area contributed by atoms with Crippen LogP contribution in [0.3, 0.4) is 0 Å². The molecular formula is C14H29N. The van der Waals surface area contributed by atoms with Gasteiger partial charge in [-0.1, -0.05) is 38.7 Å². The lowest BCUT2D eigenvalue weighted by molar-refractivity contribution is 0.434. The minimum absolute atomic E-state index is 0.716. The normalized spacial score (nSPS) is 12.7. The Hall–Kier alpha value is -0.300. The van der Waals surface area contributed by atoms with Gasteiger partial charge in [0.15, 0.2) is 0 Å². The summed E-state index contributed by atoms with van der Waals surface area (Å²) in [6, 6.07) is 0.716. The van der Waals surface area contributed by atoms with Gasteiger partial charge in [0.05, 0.1) is 0 Å².